The Morgan fingerprint density at radius 1 is 1.10 bits per heavy atom. The first-order valence-corrected chi connectivity index (χ1v) is 6.88. The molecule has 0 radical (unpaired) electrons. The summed E-state index contributed by atoms with van der Waals surface area (Å²) in [6.45, 7) is -1.22. The van der Waals surface area contributed by atoms with E-state index in [1.54, 1.807) is 0 Å². The van der Waals surface area contributed by atoms with Crippen LogP contribution in [0.3, 0.4) is 0 Å². The van der Waals surface area contributed by atoms with E-state index in [-0.39, 0.29) is 12.5 Å². The fraction of sp³-hybridized carbons (Fsp3) is 0.846. The minimum atomic E-state index is -4.40. The van der Waals surface area contributed by atoms with Gasteiger partial charge in [-0.1, -0.05) is 6.42 Å². The molecule has 2 aliphatic carbocycles. The number of carbonyl (C=O) groups excluding carboxylic acids is 1. The van der Waals surface area contributed by atoms with Gasteiger partial charge in [0.1, 0.15) is 6.54 Å². The Balaban J connectivity index is 2.01. The Morgan fingerprint density at radius 3 is 2.20 bits per heavy atom. The van der Waals surface area contributed by atoms with Crippen LogP contribution in [-0.4, -0.2) is 40.6 Å². The van der Waals surface area contributed by atoms with Gasteiger partial charge in [-0.25, -0.2) is 0 Å². The van der Waals surface area contributed by atoms with Crippen molar-refractivity contribution in [1.82, 2.24) is 4.90 Å². The monoisotopic (exact) mass is 293 g/mol. The molecule has 2 aliphatic rings. The van der Waals surface area contributed by atoms with Gasteiger partial charge in [0.15, 0.2) is 0 Å². The molecule has 0 heterocycles. The summed E-state index contributed by atoms with van der Waals surface area (Å²) in [6, 6.07) is -0.311. The van der Waals surface area contributed by atoms with Crippen molar-refractivity contribution in [3.8, 4) is 0 Å². The molecular formula is C13H18F3NO3. The number of hydrogen-bond acceptors (Lipinski definition) is 2. The van der Waals surface area contributed by atoms with E-state index in [1.807, 2.05) is 0 Å². The molecule has 0 saturated heterocycles. The van der Waals surface area contributed by atoms with Crippen molar-refractivity contribution in [3.05, 3.63) is 0 Å². The molecule has 0 spiro atoms. The Labute approximate surface area is 114 Å². The topological polar surface area (TPSA) is 57.6 Å². The van der Waals surface area contributed by atoms with E-state index in [0.29, 0.717) is 32.1 Å². The van der Waals surface area contributed by atoms with E-state index in [9.17, 15) is 22.8 Å². The van der Waals surface area contributed by atoms with Crippen LogP contribution in [0.1, 0.15) is 38.5 Å². The molecule has 0 aromatic heterocycles. The van der Waals surface area contributed by atoms with Gasteiger partial charge >= 0.3 is 12.1 Å². The predicted octanol–water partition coefficient (Wildman–Crippen LogP) is 2.43. The number of alkyl halides is 3. The molecule has 0 bridgehead atoms. The number of carboxylic acids is 1. The number of carboxylic acid groups (broad SMARTS) is 1. The summed E-state index contributed by atoms with van der Waals surface area (Å²) in [4.78, 5) is 24.1. The van der Waals surface area contributed by atoms with Gasteiger partial charge in [0.25, 0.3) is 0 Å². The summed E-state index contributed by atoms with van der Waals surface area (Å²) < 4.78 is 37.6. The lowest BCUT2D eigenvalue weighted by Gasteiger charge is -2.32. The third-order valence-corrected chi connectivity index (χ3v) is 3.99. The van der Waals surface area contributed by atoms with Gasteiger partial charge in [0.2, 0.25) is 5.91 Å². The van der Waals surface area contributed by atoms with Crippen LogP contribution >= 0.6 is 0 Å². The standard InChI is InChI=1S/C13H18F3NO3/c14-13(15,16)7-17(10-4-5-10)11(18)8-2-1-3-9(6-8)12(19)20/h8-10H,1-7H2,(H,19,20). The van der Waals surface area contributed by atoms with Crippen LogP contribution in [0, 0.1) is 11.8 Å². The third-order valence-electron chi connectivity index (χ3n) is 3.99. The van der Waals surface area contributed by atoms with Crippen LogP contribution < -0.4 is 0 Å². The average molecular weight is 293 g/mol. The van der Waals surface area contributed by atoms with E-state index in [4.69, 9.17) is 5.11 Å². The zero-order chi connectivity index (χ0) is 14.9. The molecule has 2 saturated carbocycles. The fourth-order valence-electron chi connectivity index (χ4n) is 2.84. The second kappa shape index (κ2) is 5.61. The summed E-state index contributed by atoms with van der Waals surface area (Å²) in [5, 5.41) is 8.98. The first kappa shape index (κ1) is 15.1. The number of nitrogens with zero attached hydrogens (tertiary/aromatic N) is 1. The van der Waals surface area contributed by atoms with Crippen molar-refractivity contribution < 1.29 is 27.9 Å². The number of hydrogen-bond donors (Lipinski definition) is 1. The maximum atomic E-state index is 12.5. The number of carbonyl (C=O) groups is 2. The molecule has 2 atom stereocenters. The lowest BCUT2D eigenvalue weighted by Crippen LogP contribution is -2.45. The van der Waals surface area contributed by atoms with Crippen molar-refractivity contribution in [2.45, 2.75) is 50.7 Å². The molecular weight excluding hydrogens is 275 g/mol. The second-order valence-corrected chi connectivity index (χ2v) is 5.71. The van der Waals surface area contributed by atoms with Crippen LogP contribution in [0.25, 0.3) is 0 Å². The summed E-state index contributed by atoms with van der Waals surface area (Å²) in [5.41, 5.74) is 0. The highest BCUT2D eigenvalue weighted by Gasteiger charge is 2.43. The maximum absolute atomic E-state index is 12.5. The maximum Gasteiger partial charge on any atom is 0.406 e. The van der Waals surface area contributed by atoms with Crippen molar-refractivity contribution in [2.75, 3.05) is 6.54 Å². The molecule has 7 heteroatoms. The van der Waals surface area contributed by atoms with E-state index in [1.165, 1.54) is 0 Å². The van der Waals surface area contributed by atoms with E-state index in [2.05, 4.69) is 0 Å². The van der Waals surface area contributed by atoms with Crippen LogP contribution in [0.5, 0.6) is 0 Å². The van der Waals surface area contributed by atoms with Crippen LogP contribution in [0.15, 0.2) is 0 Å². The molecule has 2 rings (SSSR count). The number of halogens is 3. The smallest absolute Gasteiger partial charge is 0.406 e. The quantitative estimate of drug-likeness (QED) is 0.866. The third kappa shape index (κ3) is 3.86. The average Bonchev–Trinajstić information content (AvgIpc) is 3.18. The molecule has 1 amide bonds. The van der Waals surface area contributed by atoms with Crippen molar-refractivity contribution >= 4 is 11.9 Å². The lowest BCUT2D eigenvalue weighted by molar-refractivity contribution is -0.166. The Bertz CT molecular complexity index is 393. The van der Waals surface area contributed by atoms with Gasteiger partial charge in [-0.2, -0.15) is 13.2 Å². The van der Waals surface area contributed by atoms with Gasteiger partial charge < -0.3 is 10.0 Å². The molecule has 2 unspecified atom stereocenters. The molecule has 0 aromatic carbocycles. The summed E-state index contributed by atoms with van der Waals surface area (Å²) in [5.74, 6) is -2.66. The molecule has 20 heavy (non-hydrogen) atoms. The predicted molar refractivity (Wildman–Crippen MR) is 63.9 cm³/mol. The van der Waals surface area contributed by atoms with Gasteiger partial charge in [0.05, 0.1) is 5.92 Å². The zero-order valence-corrected chi connectivity index (χ0v) is 11.0. The summed E-state index contributed by atoms with van der Waals surface area (Å²) >= 11 is 0. The summed E-state index contributed by atoms with van der Waals surface area (Å²) in [7, 11) is 0. The van der Waals surface area contributed by atoms with Gasteiger partial charge in [0, 0.05) is 12.0 Å². The van der Waals surface area contributed by atoms with Crippen LogP contribution in [0.2, 0.25) is 0 Å². The highest BCUT2D eigenvalue weighted by Crippen LogP contribution is 2.36. The first-order valence-electron chi connectivity index (χ1n) is 6.88. The fourth-order valence-corrected chi connectivity index (χ4v) is 2.84. The number of rotatable bonds is 4. The number of aliphatic carboxylic acids is 1. The molecule has 4 nitrogen and oxygen atoms in total. The Hall–Kier alpha value is -1.27. The molecule has 2 fully saturated rings. The van der Waals surface area contributed by atoms with Crippen molar-refractivity contribution in [3.63, 3.8) is 0 Å². The number of amides is 1. The molecule has 1 N–H and O–H groups in total. The highest BCUT2D eigenvalue weighted by molar-refractivity contribution is 5.81. The SMILES string of the molecule is O=C(O)C1CCCC(C(=O)N(CC(F)(F)F)C2CC2)C1. The second-order valence-electron chi connectivity index (χ2n) is 5.71. The minimum absolute atomic E-state index is 0.162. The highest BCUT2D eigenvalue weighted by atomic mass is 19.4. The zero-order valence-electron chi connectivity index (χ0n) is 11.0. The molecule has 0 aliphatic heterocycles. The first-order chi connectivity index (χ1) is 9.28. The van der Waals surface area contributed by atoms with Gasteiger partial charge in [-0.3, -0.25) is 9.59 Å². The molecule has 114 valence electrons. The van der Waals surface area contributed by atoms with E-state index < -0.39 is 36.4 Å². The normalized spacial score (nSPS) is 27.1. The Kier molecular flexibility index (Phi) is 4.25. The van der Waals surface area contributed by atoms with Gasteiger partial charge in [-0.15, -0.1) is 0 Å². The van der Waals surface area contributed by atoms with E-state index in [0.717, 1.165) is 4.90 Å². The van der Waals surface area contributed by atoms with E-state index >= 15 is 0 Å². The minimum Gasteiger partial charge on any atom is -0.481 e. The molecule has 0 aromatic rings. The Morgan fingerprint density at radius 2 is 1.70 bits per heavy atom. The largest absolute Gasteiger partial charge is 0.481 e. The van der Waals surface area contributed by atoms with Crippen molar-refractivity contribution in [2.24, 2.45) is 11.8 Å². The van der Waals surface area contributed by atoms with Crippen LogP contribution in [0.4, 0.5) is 13.2 Å². The lowest BCUT2D eigenvalue weighted by atomic mass is 9.80. The van der Waals surface area contributed by atoms with Crippen LogP contribution in [-0.2, 0) is 9.59 Å². The van der Waals surface area contributed by atoms with Gasteiger partial charge in [-0.05, 0) is 32.1 Å². The van der Waals surface area contributed by atoms with Crippen molar-refractivity contribution in [1.29, 1.82) is 0 Å². The summed E-state index contributed by atoms with van der Waals surface area (Å²) in [6.07, 6.45) is -1.45.